The molecule has 2 N–H and O–H groups in total. The minimum absolute atomic E-state index is 0.0384. The summed E-state index contributed by atoms with van der Waals surface area (Å²) in [4.78, 5) is 12.8. The van der Waals surface area contributed by atoms with E-state index >= 15 is 0 Å². The molecule has 0 aromatic heterocycles. The van der Waals surface area contributed by atoms with Crippen molar-refractivity contribution in [2.75, 3.05) is 10.6 Å². The molecule has 0 spiro atoms. The average Bonchev–Trinajstić information content (AvgIpc) is 2.65. The van der Waals surface area contributed by atoms with Gasteiger partial charge in [0.2, 0.25) is 0 Å². The van der Waals surface area contributed by atoms with E-state index in [4.69, 9.17) is 12.2 Å². The number of anilines is 2. The van der Waals surface area contributed by atoms with Crippen molar-refractivity contribution < 1.29 is 4.79 Å². The highest BCUT2D eigenvalue weighted by Gasteiger charge is 2.14. The molecular formula is C22H20N2OS. The Balaban J connectivity index is 1.83. The average molecular weight is 360 g/mol. The summed E-state index contributed by atoms with van der Waals surface area (Å²) in [7, 11) is 0. The van der Waals surface area contributed by atoms with Gasteiger partial charge in [0, 0.05) is 16.8 Å². The maximum absolute atomic E-state index is 12.8. The van der Waals surface area contributed by atoms with E-state index in [9.17, 15) is 4.79 Å². The largest absolute Gasteiger partial charge is 0.332 e. The van der Waals surface area contributed by atoms with Crippen molar-refractivity contribution in [3.8, 4) is 0 Å². The van der Waals surface area contributed by atoms with E-state index in [2.05, 4.69) is 10.6 Å². The summed E-state index contributed by atoms with van der Waals surface area (Å²) in [5.41, 5.74) is 5.13. The summed E-state index contributed by atoms with van der Waals surface area (Å²) in [5.74, 6) is -0.0384. The third kappa shape index (κ3) is 3.98. The van der Waals surface area contributed by atoms with Gasteiger partial charge in [-0.25, -0.2) is 0 Å². The minimum Gasteiger partial charge on any atom is -0.332 e. The second kappa shape index (κ2) is 7.93. The van der Waals surface area contributed by atoms with Crippen LogP contribution in [-0.4, -0.2) is 10.9 Å². The molecule has 0 aliphatic heterocycles. The number of carbonyl (C=O) groups excluding carboxylic acids is 1. The van der Waals surface area contributed by atoms with Crippen molar-refractivity contribution in [2.45, 2.75) is 13.8 Å². The number of benzene rings is 3. The van der Waals surface area contributed by atoms with Gasteiger partial charge in [-0.15, -0.1) is 0 Å². The predicted molar refractivity (Wildman–Crippen MR) is 112 cm³/mol. The van der Waals surface area contributed by atoms with Crippen LogP contribution in [0.1, 0.15) is 27.0 Å². The predicted octanol–water partition coefficient (Wildman–Crippen LogP) is 5.34. The fraction of sp³-hybridized carbons (Fsp3) is 0.0909. The molecule has 26 heavy (non-hydrogen) atoms. The Morgan fingerprint density at radius 3 is 2.08 bits per heavy atom. The highest BCUT2D eigenvalue weighted by atomic mass is 32.1. The van der Waals surface area contributed by atoms with Crippen molar-refractivity contribution in [3.05, 3.63) is 95.1 Å². The number of para-hydroxylation sites is 2. The van der Waals surface area contributed by atoms with Gasteiger partial charge in [-0.05, 0) is 49.3 Å². The Bertz CT molecular complexity index is 931. The summed E-state index contributed by atoms with van der Waals surface area (Å²) >= 11 is 5.47. The Labute approximate surface area is 159 Å². The smallest absolute Gasteiger partial charge is 0.195 e. The number of carbonyl (C=O) groups is 1. The van der Waals surface area contributed by atoms with Crippen LogP contribution in [0.15, 0.2) is 72.8 Å². The molecule has 0 fully saturated rings. The van der Waals surface area contributed by atoms with Crippen LogP contribution in [0.3, 0.4) is 0 Å². The first-order valence-electron chi connectivity index (χ1n) is 8.39. The number of thiocarbonyl (C=S) groups is 1. The Morgan fingerprint density at radius 2 is 1.38 bits per heavy atom. The molecule has 0 saturated heterocycles. The number of aryl methyl sites for hydroxylation is 2. The Kier molecular flexibility index (Phi) is 5.44. The summed E-state index contributed by atoms with van der Waals surface area (Å²) in [6.45, 7) is 4.07. The van der Waals surface area contributed by atoms with Crippen LogP contribution in [0.2, 0.25) is 0 Å². The van der Waals surface area contributed by atoms with E-state index in [1.165, 1.54) is 0 Å². The van der Waals surface area contributed by atoms with Gasteiger partial charge in [-0.3, -0.25) is 4.79 Å². The molecule has 3 aromatic rings. The number of ketones is 1. The molecule has 3 rings (SSSR count). The van der Waals surface area contributed by atoms with Gasteiger partial charge < -0.3 is 10.6 Å². The molecule has 0 aliphatic rings. The Morgan fingerprint density at radius 1 is 0.769 bits per heavy atom. The van der Waals surface area contributed by atoms with Crippen LogP contribution in [0.5, 0.6) is 0 Å². The van der Waals surface area contributed by atoms with Gasteiger partial charge >= 0.3 is 0 Å². The molecule has 0 heterocycles. The molecule has 0 aliphatic carbocycles. The fourth-order valence-electron chi connectivity index (χ4n) is 2.81. The lowest BCUT2D eigenvalue weighted by molar-refractivity contribution is 0.103. The first-order chi connectivity index (χ1) is 12.6. The van der Waals surface area contributed by atoms with Crippen LogP contribution >= 0.6 is 12.2 Å². The monoisotopic (exact) mass is 360 g/mol. The molecule has 4 heteroatoms. The van der Waals surface area contributed by atoms with Crippen LogP contribution in [0, 0.1) is 13.8 Å². The molecule has 130 valence electrons. The summed E-state index contributed by atoms with van der Waals surface area (Å²) in [6, 6.07) is 22.7. The molecule has 0 saturated carbocycles. The lowest BCUT2D eigenvalue weighted by atomic mass is 10.0. The topological polar surface area (TPSA) is 41.1 Å². The van der Waals surface area contributed by atoms with Gasteiger partial charge in [0.05, 0.1) is 5.69 Å². The van der Waals surface area contributed by atoms with E-state index in [1.807, 2.05) is 80.6 Å². The lowest BCUT2D eigenvalue weighted by Crippen LogP contribution is -2.21. The van der Waals surface area contributed by atoms with Gasteiger partial charge in [0.15, 0.2) is 10.9 Å². The SMILES string of the molecule is Cc1cccc(C)c1NC(=S)Nc1ccccc1C(=O)c1ccccc1. The number of hydrogen-bond acceptors (Lipinski definition) is 2. The zero-order valence-corrected chi connectivity index (χ0v) is 15.6. The van der Waals surface area contributed by atoms with Gasteiger partial charge in [0.25, 0.3) is 0 Å². The molecule has 0 unspecified atom stereocenters. The number of nitrogens with one attached hydrogen (secondary N) is 2. The number of rotatable bonds is 4. The van der Waals surface area contributed by atoms with E-state index in [-0.39, 0.29) is 5.78 Å². The zero-order valence-electron chi connectivity index (χ0n) is 14.7. The third-order valence-electron chi connectivity index (χ3n) is 4.18. The summed E-state index contributed by atoms with van der Waals surface area (Å²) in [6.07, 6.45) is 0. The van der Waals surface area contributed by atoms with Crippen molar-refractivity contribution in [1.82, 2.24) is 0 Å². The Hall–Kier alpha value is -2.98. The van der Waals surface area contributed by atoms with Crippen molar-refractivity contribution in [1.29, 1.82) is 0 Å². The molecule has 0 bridgehead atoms. The first kappa shape index (κ1) is 17.8. The maximum Gasteiger partial charge on any atom is 0.195 e. The molecule has 0 radical (unpaired) electrons. The van der Waals surface area contributed by atoms with Crippen molar-refractivity contribution in [3.63, 3.8) is 0 Å². The van der Waals surface area contributed by atoms with Crippen molar-refractivity contribution >= 4 is 34.5 Å². The van der Waals surface area contributed by atoms with E-state index in [1.54, 1.807) is 6.07 Å². The van der Waals surface area contributed by atoms with E-state index in [0.29, 0.717) is 21.9 Å². The van der Waals surface area contributed by atoms with E-state index < -0.39 is 0 Å². The van der Waals surface area contributed by atoms with Crippen LogP contribution < -0.4 is 10.6 Å². The van der Waals surface area contributed by atoms with E-state index in [0.717, 1.165) is 16.8 Å². The maximum atomic E-state index is 12.8. The molecule has 0 amide bonds. The minimum atomic E-state index is -0.0384. The van der Waals surface area contributed by atoms with Gasteiger partial charge in [-0.2, -0.15) is 0 Å². The quantitative estimate of drug-likeness (QED) is 0.486. The van der Waals surface area contributed by atoms with Gasteiger partial charge in [0.1, 0.15) is 0 Å². The summed E-state index contributed by atoms with van der Waals surface area (Å²) in [5, 5.41) is 6.86. The highest BCUT2D eigenvalue weighted by Crippen LogP contribution is 2.22. The van der Waals surface area contributed by atoms with Crippen molar-refractivity contribution in [2.24, 2.45) is 0 Å². The summed E-state index contributed by atoms with van der Waals surface area (Å²) < 4.78 is 0. The standard InChI is InChI=1S/C22H20N2OS/c1-15-9-8-10-16(2)20(15)24-22(26)23-19-14-7-6-13-18(19)21(25)17-11-4-3-5-12-17/h3-14H,1-2H3,(H2,23,24,26). The lowest BCUT2D eigenvalue weighted by Gasteiger charge is -2.16. The molecule has 0 atom stereocenters. The molecule has 3 nitrogen and oxygen atoms in total. The van der Waals surface area contributed by atoms with Crippen LogP contribution in [-0.2, 0) is 0 Å². The second-order valence-corrected chi connectivity index (χ2v) is 6.49. The third-order valence-corrected chi connectivity index (χ3v) is 4.38. The molecular weight excluding hydrogens is 340 g/mol. The van der Waals surface area contributed by atoms with Crippen LogP contribution in [0.25, 0.3) is 0 Å². The fourth-order valence-corrected chi connectivity index (χ4v) is 3.03. The van der Waals surface area contributed by atoms with Gasteiger partial charge in [-0.1, -0.05) is 60.7 Å². The zero-order chi connectivity index (χ0) is 18.5. The van der Waals surface area contributed by atoms with Crippen LogP contribution in [0.4, 0.5) is 11.4 Å². The highest BCUT2D eigenvalue weighted by molar-refractivity contribution is 7.80. The normalized spacial score (nSPS) is 10.2. The number of hydrogen-bond donors (Lipinski definition) is 2. The molecule has 3 aromatic carbocycles. The second-order valence-electron chi connectivity index (χ2n) is 6.09. The first-order valence-corrected chi connectivity index (χ1v) is 8.80.